The van der Waals surface area contributed by atoms with Crippen molar-refractivity contribution in [2.45, 2.75) is 50.2 Å². The second kappa shape index (κ2) is 15.3. The van der Waals surface area contributed by atoms with E-state index in [0.717, 1.165) is 65.2 Å². The smallest absolute Gasteiger partial charge is 0.306 e. The van der Waals surface area contributed by atoms with Gasteiger partial charge in [-0.15, -0.1) is 0 Å². The average Bonchev–Trinajstić information content (AvgIpc) is 3.55. The van der Waals surface area contributed by atoms with Crippen molar-refractivity contribution in [3.8, 4) is 5.75 Å². The summed E-state index contributed by atoms with van der Waals surface area (Å²) in [4.78, 5) is 31.8. The van der Waals surface area contributed by atoms with E-state index < -0.39 is 5.92 Å². The van der Waals surface area contributed by atoms with Crippen LogP contribution in [0.4, 0.5) is 5.69 Å². The summed E-state index contributed by atoms with van der Waals surface area (Å²) in [6, 6.07) is 34.2. The first-order valence-electron chi connectivity index (χ1n) is 16.4. The lowest BCUT2D eigenvalue weighted by molar-refractivity contribution is -0.144. The summed E-state index contributed by atoms with van der Waals surface area (Å²) in [6.07, 6.45) is 2.73. The van der Waals surface area contributed by atoms with Crippen LogP contribution in [-0.4, -0.2) is 57.0 Å². The van der Waals surface area contributed by atoms with Gasteiger partial charge >= 0.3 is 5.97 Å². The van der Waals surface area contributed by atoms with Crippen LogP contribution in [0.1, 0.15) is 46.6 Å². The van der Waals surface area contributed by atoms with Gasteiger partial charge in [0.05, 0.1) is 45.1 Å². The Morgan fingerprint density at radius 2 is 1.57 bits per heavy atom. The SMILES string of the molecule is COC(=O)C[C@H](C(=O)Cc1ccccc1CC[C@@H]1CN[C@H](C2=Nc3ccc(OC)cc3C2)CO1)C(c1ccccc1)c1ccccc1. The molecule has 4 aromatic rings. The van der Waals surface area contributed by atoms with E-state index in [9.17, 15) is 9.59 Å². The molecule has 1 saturated heterocycles. The number of fused-ring (bicyclic) bond motifs is 1. The van der Waals surface area contributed by atoms with E-state index in [2.05, 4.69) is 17.4 Å². The fourth-order valence-corrected chi connectivity index (χ4v) is 6.82. The highest BCUT2D eigenvalue weighted by Gasteiger charge is 2.34. The van der Waals surface area contributed by atoms with E-state index in [1.807, 2.05) is 91.0 Å². The van der Waals surface area contributed by atoms with Gasteiger partial charge < -0.3 is 19.5 Å². The molecule has 0 radical (unpaired) electrons. The Morgan fingerprint density at radius 1 is 0.894 bits per heavy atom. The minimum atomic E-state index is -0.575. The summed E-state index contributed by atoms with van der Waals surface area (Å²) >= 11 is 0. The number of hydrogen-bond donors (Lipinski definition) is 1. The van der Waals surface area contributed by atoms with Crippen LogP contribution in [0.3, 0.4) is 0 Å². The number of aliphatic imine (C=N–C) groups is 1. The van der Waals surface area contributed by atoms with E-state index in [1.54, 1.807) is 7.11 Å². The fourth-order valence-electron chi connectivity index (χ4n) is 6.82. The van der Waals surface area contributed by atoms with Gasteiger partial charge in [0.15, 0.2) is 0 Å². The van der Waals surface area contributed by atoms with Crippen LogP contribution in [0, 0.1) is 5.92 Å². The normalized spacial score (nSPS) is 17.9. The number of esters is 1. The number of nitrogens with zero attached hydrogens (tertiary/aromatic N) is 1. The van der Waals surface area contributed by atoms with Crippen molar-refractivity contribution in [2.75, 3.05) is 27.4 Å². The Bertz CT molecular complexity index is 1660. The Balaban J connectivity index is 1.11. The third-order valence-corrected chi connectivity index (χ3v) is 9.38. The summed E-state index contributed by atoms with van der Waals surface area (Å²) in [7, 11) is 3.06. The maximum atomic E-state index is 14.2. The molecule has 0 bridgehead atoms. The van der Waals surface area contributed by atoms with Gasteiger partial charge in [0.25, 0.3) is 0 Å². The topological polar surface area (TPSA) is 86.2 Å². The van der Waals surface area contributed by atoms with Crippen molar-refractivity contribution < 1.29 is 23.8 Å². The molecule has 1 N–H and O–H groups in total. The summed E-state index contributed by atoms with van der Waals surface area (Å²) in [5, 5.41) is 3.65. The number of carbonyl (C=O) groups excluding carboxylic acids is 2. The van der Waals surface area contributed by atoms with Gasteiger partial charge in [0, 0.05) is 36.9 Å². The molecule has 3 atom stereocenters. The van der Waals surface area contributed by atoms with Crippen LogP contribution in [0.25, 0.3) is 0 Å². The number of ether oxygens (including phenoxy) is 3. The molecule has 0 aliphatic carbocycles. The Morgan fingerprint density at radius 3 is 2.21 bits per heavy atom. The number of Topliss-reactive ketones (excluding diaryl/α,β-unsaturated/α-hetero) is 1. The Kier molecular flexibility index (Phi) is 10.6. The van der Waals surface area contributed by atoms with E-state index in [-0.39, 0.29) is 42.7 Å². The molecule has 0 saturated carbocycles. The Labute approximate surface area is 277 Å². The van der Waals surface area contributed by atoms with Crippen molar-refractivity contribution in [1.29, 1.82) is 0 Å². The monoisotopic (exact) mass is 630 g/mol. The molecule has 1 fully saturated rings. The zero-order chi connectivity index (χ0) is 32.6. The molecular weight excluding hydrogens is 588 g/mol. The maximum absolute atomic E-state index is 14.2. The van der Waals surface area contributed by atoms with Crippen LogP contribution >= 0.6 is 0 Å². The summed E-state index contributed by atoms with van der Waals surface area (Å²) in [5.41, 5.74) is 7.40. The third kappa shape index (κ3) is 7.87. The fraction of sp³-hybridized carbons (Fsp3) is 0.325. The quantitative estimate of drug-likeness (QED) is 0.171. The van der Waals surface area contributed by atoms with Gasteiger partial charge in [-0.25, -0.2) is 0 Å². The number of nitrogens with one attached hydrogen (secondary N) is 1. The van der Waals surface area contributed by atoms with Crippen LogP contribution in [-0.2, 0) is 38.3 Å². The lowest BCUT2D eigenvalue weighted by Gasteiger charge is -2.31. The van der Waals surface area contributed by atoms with Crippen LogP contribution in [0.5, 0.6) is 5.75 Å². The van der Waals surface area contributed by atoms with E-state index in [4.69, 9.17) is 19.2 Å². The minimum absolute atomic E-state index is 0.0125. The molecule has 242 valence electrons. The minimum Gasteiger partial charge on any atom is -0.497 e. The largest absolute Gasteiger partial charge is 0.497 e. The number of carbonyl (C=O) groups is 2. The van der Waals surface area contributed by atoms with Crippen LogP contribution < -0.4 is 10.1 Å². The first-order chi connectivity index (χ1) is 23.0. The molecule has 7 nitrogen and oxygen atoms in total. The molecule has 0 spiro atoms. The molecule has 47 heavy (non-hydrogen) atoms. The van der Waals surface area contributed by atoms with Gasteiger partial charge in [0.1, 0.15) is 11.5 Å². The molecular formula is C40H42N2O5. The van der Waals surface area contributed by atoms with E-state index in [0.29, 0.717) is 6.61 Å². The third-order valence-electron chi connectivity index (χ3n) is 9.38. The molecule has 0 amide bonds. The number of morpholine rings is 1. The molecule has 7 heteroatoms. The first kappa shape index (κ1) is 32.4. The molecule has 0 unspecified atom stereocenters. The predicted octanol–water partition coefficient (Wildman–Crippen LogP) is 6.44. The standard InChI is InChI=1S/C40H42N2O5/c1-45-32-19-20-35-31(21-32)22-36(42-35)37-26-47-33(25-41-37)18-17-27-11-9-10-16-30(27)23-38(43)34(24-39(44)46-2)40(28-12-5-3-6-13-28)29-14-7-4-8-15-29/h3-16,19-21,33-34,37,40-41H,17-18,22-26H2,1-2H3/t33-,34-,37+/m1/s1. The van der Waals surface area contributed by atoms with Gasteiger partial charge in [-0.2, -0.15) is 0 Å². The second-order valence-corrected chi connectivity index (χ2v) is 12.3. The number of benzene rings is 4. The molecule has 2 aliphatic rings. The highest BCUT2D eigenvalue weighted by Crippen LogP contribution is 2.36. The summed E-state index contributed by atoms with van der Waals surface area (Å²) in [6.45, 7) is 1.31. The Hall–Kier alpha value is -4.59. The van der Waals surface area contributed by atoms with Crippen LogP contribution in [0.15, 0.2) is 108 Å². The lowest BCUT2D eigenvalue weighted by atomic mass is 9.75. The lowest BCUT2D eigenvalue weighted by Crippen LogP contribution is -2.50. The average molecular weight is 631 g/mol. The number of ketones is 1. The first-order valence-corrected chi connectivity index (χ1v) is 16.4. The molecule has 4 aromatic carbocycles. The zero-order valence-corrected chi connectivity index (χ0v) is 27.1. The molecule has 2 heterocycles. The van der Waals surface area contributed by atoms with Crippen molar-refractivity contribution in [1.82, 2.24) is 5.32 Å². The highest BCUT2D eigenvalue weighted by atomic mass is 16.5. The number of rotatable bonds is 13. The van der Waals surface area contributed by atoms with Gasteiger partial charge in [-0.05, 0) is 58.9 Å². The van der Waals surface area contributed by atoms with Crippen molar-refractivity contribution in [3.05, 3.63) is 131 Å². The number of hydrogen-bond acceptors (Lipinski definition) is 7. The van der Waals surface area contributed by atoms with Gasteiger partial charge in [0.2, 0.25) is 0 Å². The van der Waals surface area contributed by atoms with Crippen molar-refractivity contribution >= 4 is 23.2 Å². The summed E-state index contributed by atoms with van der Waals surface area (Å²) in [5.74, 6) is -0.365. The van der Waals surface area contributed by atoms with Crippen LogP contribution in [0.2, 0.25) is 0 Å². The van der Waals surface area contributed by atoms with E-state index >= 15 is 0 Å². The molecule has 2 aliphatic heterocycles. The maximum Gasteiger partial charge on any atom is 0.306 e. The highest BCUT2D eigenvalue weighted by molar-refractivity contribution is 5.98. The zero-order valence-electron chi connectivity index (χ0n) is 27.1. The second-order valence-electron chi connectivity index (χ2n) is 12.3. The molecule has 6 rings (SSSR count). The molecule has 0 aromatic heterocycles. The van der Waals surface area contributed by atoms with Crippen molar-refractivity contribution in [3.63, 3.8) is 0 Å². The number of methoxy groups -OCH3 is 2. The van der Waals surface area contributed by atoms with Crippen molar-refractivity contribution in [2.24, 2.45) is 10.9 Å². The summed E-state index contributed by atoms with van der Waals surface area (Å²) < 4.78 is 16.8. The van der Waals surface area contributed by atoms with Gasteiger partial charge in [-0.1, -0.05) is 84.9 Å². The predicted molar refractivity (Wildman–Crippen MR) is 184 cm³/mol. The number of aryl methyl sites for hydroxylation is 1. The van der Waals surface area contributed by atoms with Gasteiger partial charge in [-0.3, -0.25) is 14.6 Å². The van der Waals surface area contributed by atoms with E-state index in [1.165, 1.54) is 12.7 Å².